The average molecular weight is 511 g/mol. The molecule has 2 aromatic carbocycles. The van der Waals surface area contributed by atoms with E-state index in [1.165, 1.54) is 53.3 Å². The lowest BCUT2D eigenvalue weighted by Crippen LogP contribution is -2.41. The number of hydrogen-bond acceptors (Lipinski definition) is 6. The van der Waals surface area contributed by atoms with Crippen molar-refractivity contribution in [3.8, 4) is 5.75 Å². The Hall–Kier alpha value is -2.42. The standard InChI is InChI=1S/C28H38N4O3S/c1-30-20-28(29-21-30)36(33,34)31(2)16-17-35-24-12-10-23-11-13-27(32-14-6-7-15-32)26(25(23)19-24)18-22-8-4-3-5-9-22/h3-5,8-10,12,19,21,26-28H,6-7,11,13-18,20H2,1-2H3. The van der Waals surface area contributed by atoms with E-state index in [-0.39, 0.29) is 0 Å². The third-order valence-corrected chi connectivity index (χ3v) is 9.94. The van der Waals surface area contributed by atoms with Gasteiger partial charge in [-0.3, -0.25) is 9.89 Å². The lowest BCUT2D eigenvalue weighted by atomic mass is 9.75. The van der Waals surface area contributed by atoms with Crippen LogP contribution in [0.5, 0.6) is 5.75 Å². The molecule has 1 aliphatic carbocycles. The predicted octanol–water partition coefficient (Wildman–Crippen LogP) is 3.36. The topological polar surface area (TPSA) is 65.5 Å². The van der Waals surface area contributed by atoms with Crippen molar-refractivity contribution in [1.29, 1.82) is 0 Å². The highest BCUT2D eigenvalue weighted by molar-refractivity contribution is 7.89. The second-order valence-electron chi connectivity index (χ2n) is 10.4. The van der Waals surface area contributed by atoms with Crippen molar-refractivity contribution in [2.45, 2.75) is 49.4 Å². The van der Waals surface area contributed by atoms with Crippen LogP contribution in [0.1, 0.15) is 41.9 Å². The first-order valence-corrected chi connectivity index (χ1v) is 14.6. The molecule has 7 nitrogen and oxygen atoms in total. The summed E-state index contributed by atoms with van der Waals surface area (Å²) in [6.45, 7) is 3.38. The normalized spacial score (nSPS) is 24.4. The Morgan fingerprint density at radius 1 is 1.11 bits per heavy atom. The number of sulfonamides is 1. The molecule has 2 aromatic rings. The molecule has 5 rings (SSSR count). The van der Waals surface area contributed by atoms with Crippen LogP contribution in [-0.2, 0) is 22.9 Å². The highest BCUT2D eigenvalue weighted by atomic mass is 32.2. The van der Waals surface area contributed by atoms with Crippen LogP contribution in [0.4, 0.5) is 0 Å². The Morgan fingerprint density at radius 2 is 1.89 bits per heavy atom. The van der Waals surface area contributed by atoms with Crippen LogP contribution in [0, 0.1) is 0 Å². The number of fused-ring (bicyclic) bond motifs is 1. The summed E-state index contributed by atoms with van der Waals surface area (Å²) in [5.41, 5.74) is 4.18. The van der Waals surface area contributed by atoms with E-state index in [9.17, 15) is 8.42 Å². The lowest BCUT2D eigenvalue weighted by Gasteiger charge is -2.39. The number of likely N-dealkylation sites (tertiary alicyclic amines) is 1. The van der Waals surface area contributed by atoms with Gasteiger partial charge in [0.2, 0.25) is 10.0 Å². The number of nitrogens with zero attached hydrogens (tertiary/aromatic N) is 4. The molecular formula is C28H38N4O3S. The number of benzene rings is 2. The van der Waals surface area contributed by atoms with Crippen molar-refractivity contribution < 1.29 is 13.2 Å². The Bertz CT molecular complexity index is 1160. The first-order valence-electron chi connectivity index (χ1n) is 13.1. The maximum Gasteiger partial charge on any atom is 0.239 e. The van der Waals surface area contributed by atoms with Gasteiger partial charge in [-0.2, -0.15) is 4.31 Å². The van der Waals surface area contributed by atoms with Crippen molar-refractivity contribution in [2.75, 3.05) is 46.9 Å². The minimum absolute atomic E-state index is 0.291. The number of ether oxygens (including phenoxy) is 1. The highest BCUT2D eigenvalue weighted by Gasteiger charge is 2.35. The zero-order chi connectivity index (χ0) is 25.1. The summed E-state index contributed by atoms with van der Waals surface area (Å²) in [5, 5.41) is -0.738. The molecule has 2 aliphatic heterocycles. The zero-order valence-corrected chi connectivity index (χ0v) is 22.2. The zero-order valence-electron chi connectivity index (χ0n) is 21.4. The molecule has 1 fully saturated rings. The molecule has 194 valence electrons. The van der Waals surface area contributed by atoms with Gasteiger partial charge in [-0.05, 0) is 74.0 Å². The molecule has 0 aromatic heterocycles. The SMILES string of the molecule is CN1C=NC(S(=O)(=O)N(C)CCOc2ccc3c(c2)C(Cc2ccccc2)C(N2CCCC2)CC3)C1. The fourth-order valence-electron chi connectivity index (χ4n) is 5.90. The number of rotatable bonds is 9. The van der Waals surface area contributed by atoms with Crippen LogP contribution < -0.4 is 4.74 Å². The molecular weight excluding hydrogens is 472 g/mol. The van der Waals surface area contributed by atoms with Gasteiger partial charge in [0.25, 0.3) is 0 Å². The van der Waals surface area contributed by atoms with Crippen molar-refractivity contribution in [3.05, 3.63) is 65.2 Å². The van der Waals surface area contributed by atoms with Gasteiger partial charge < -0.3 is 9.64 Å². The highest BCUT2D eigenvalue weighted by Crippen LogP contribution is 2.40. The van der Waals surface area contributed by atoms with E-state index >= 15 is 0 Å². The van der Waals surface area contributed by atoms with Crippen molar-refractivity contribution in [2.24, 2.45) is 4.99 Å². The summed E-state index contributed by atoms with van der Waals surface area (Å²) >= 11 is 0. The van der Waals surface area contributed by atoms with E-state index in [1.54, 1.807) is 18.3 Å². The van der Waals surface area contributed by atoms with E-state index in [0.717, 1.165) is 18.6 Å². The summed E-state index contributed by atoms with van der Waals surface area (Å²) < 4.78 is 33.1. The largest absolute Gasteiger partial charge is 0.492 e. The van der Waals surface area contributed by atoms with E-state index < -0.39 is 15.4 Å². The van der Waals surface area contributed by atoms with E-state index in [2.05, 4.69) is 52.4 Å². The van der Waals surface area contributed by atoms with E-state index in [1.807, 2.05) is 13.1 Å². The molecule has 8 heteroatoms. The number of hydrogen-bond donors (Lipinski definition) is 0. The maximum absolute atomic E-state index is 12.8. The number of aliphatic imine (C=N–C) groups is 1. The second kappa shape index (κ2) is 10.9. The van der Waals surface area contributed by atoms with Crippen molar-refractivity contribution >= 4 is 16.4 Å². The van der Waals surface area contributed by atoms with Gasteiger partial charge in [-0.25, -0.2) is 8.42 Å². The third kappa shape index (κ3) is 5.45. The van der Waals surface area contributed by atoms with Crippen LogP contribution in [-0.4, -0.2) is 87.2 Å². The van der Waals surface area contributed by atoms with Gasteiger partial charge in [0.1, 0.15) is 12.4 Å². The summed E-state index contributed by atoms with van der Waals surface area (Å²) in [4.78, 5) is 8.63. The van der Waals surface area contributed by atoms with Crippen molar-refractivity contribution in [1.82, 2.24) is 14.1 Å². The molecule has 0 saturated carbocycles. The molecule has 3 atom stereocenters. The van der Waals surface area contributed by atoms with Crippen LogP contribution in [0.15, 0.2) is 53.5 Å². The van der Waals surface area contributed by atoms with Gasteiger partial charge >= 0.3 is 0 Å². The van der Waals surface area contributed by atoms with Crippen molar-refractivity contribution in [3.63, 3.8) is 0 Å². The monoisotopic (exact) mass is 510 g/mol. The molecule has 0 amide bonds. The number of likely N-dealkylation sites (N-methyl/N-ethyl adjacent to an activating group) is 2. The van der Waals surface area contributed by atoms with Gasteiger partial charge in [-0.15, -0.1) is 0 Å². The van der Waals surface area contributed by atoms with Crippen LogP contribution in [0.3, 0.4) is 0 Å². The van der Waals surface area contributed by atoms with Gasteiger partial charge in [0.15, 0.2) is 5.37 Å². The minimum atomic E-state index is -3.49. The van der Waals surface area contributed by atoms with E-state index in [0.29, 0.717) is 31.7 Å². The van der Waals surface area contributed by atoms with Gasteiger partial charge in [-0.1, -0.05) is 36.4 Å². The van der Waals surface area contributed by atoms with Crippen LogP contribution >= 0.6 is 0 Å². The Kier molecular flexibility index (Phi) is 7.65. The molecule has 1 saturated heterocycles. The second-order valence-corrected chi connectivity index (χ2v) is 12.6. The fourth-order valence-corrected chi connectivity index (χ4v) is 7.27. The molecule has 3 unspecified atom stereocenters. The number of aryl methyl sites for hydroxylation is 1. The lowest BCUT2D eigenvalue weighted by molar-refractivity contribution is 0.188. The Balaban J connectivity index is 1.29. The molecule has 0 bridgehead atoms. The van der Waals surface area contributed by atoms with Gasteiger partial charge in [0, 0.05) is 32.6 Å². The molecule has 0 N–H and O–H groups in total. The molecule has 0 spiro atoms. The summed E-state index contributed by atoms with van der Waals surface area (Å²) in [5.74, 6) is 1.25. The van der Waals surface area contributed by atoms with E-state index in [4.69, 9.17) is 4.74 Å². The maximum atomic E-state index is 12.8. The van der Waals surface area contributed by atoms with Crippen LogP contribution in [0.2, 0.25) is 0 Å². The first-order chi connectivity index (χ1) is 17.4. The Labute approximate surface area is 215 Å². The quantitative estimate of drug-likeness (QED) is 0.518. The summed E-state index contributed by atoms with van der Waals surface area (Å²) in [6, 6.07) is 17.8. The third-order valence-electron chi connectivity index (χ3n) is 7.93. The smallest absolute Gasteiger partial charge is 0.239 e. The van der Waals surface area contributed by atoms with Crippen LogP contribution in [0.25, 0.3) is 0 Å². The molecule has 0 radical (unpaired) electrons. The Morgan fingerprint density at radius 3 is 2.61 bits per heavy atom. The first kappa shape index (κ1) is 25.2. The molecule has 2 heterocycles. The van der Waals surface area contributed by atoms with Gasteiger partial charge in [0.05, 0.1) is 12.9 Å². The average Bonchev–Trinajstić information content (AvgIpc) is 3.57. The summed E-state index contributed by atoms with van der Waals surface area (Å²) in [6.07, 6.45) is 7.50. The molecule has 36 heavy (non-hydrogen) atoms. The molecule has 3 aliphatic rings. The predicted molar refractivity (Wildman–Crippen MR) is 144 cm³/mol. The minimum Gasteiger partial charge on any atom is -0.492 e. The fraction of sp³-hybridized carbons (Fsp3) is 0.536. The summed E-state index contributed by atoms with van der Waals surface area (Å²) in [7, 11) is -0.0543.